The second-order valence-electron chi connectivity index (χ2n) is 31.2. The number of ether oxygens (including phenoxy) is 9. The summed E-state index contributed by atoms with van der Waals surface area (Å²) in [5.41, 5.74) is 33.8. The summed E-state index contributed by atoms with van der Waals surface area (Å²) in [6.45, 7) is 10.4. The molecule has 3 atom stereocenters. The van der Waals surface area contributed by atoms with Crippen molar-refractivity contribution in [2.24, 2.45) is 40.3 Å². The molecule has 140 heavy (non-hydrogen) atoms. The molecule has 6 amide bonds. The van der Waals surface area contributed by atoms with Crippen molar-refractivity contribution in [2.45, 2.75) is 38.3 Å². The number of halogens is 3. The lowest BCUT2D eigenvalue weighted by molar-refractivity contribution is -0.117. The van der Waals surface area contributed by atoms with Gasteiger partial charge >= 0.3 is 0 Å². The van der Waals surface area contributed by atoms with Gasteiger partial charge in [0.2, 0.25) is 29.4 Å². The molecule has 0 unspecified atom stereocenters. The average molecular weight is 1940 g/mol. The number of pyridine rings is 5. The van der Waals surface area contributed by atoms with Crippen LogP contribution >= 0.6 is 34.8 Å². The van der Waals surface area contributed by atoms with Crippen LogP contribution in [0.3, 0.4) is 0 Å². The number of hydrogen-bond donors (Lipinski definition) is 8. The van der Waals surface area contributed by atoms with Crippen LogP contribution in [0.2, 0.25) is 15.5 Å². The summed E-state index contributed by atoms with van der Waals surface area (Å²) in [4.78, 5) is 96.6. The highest BCUT2D eigenvalue weighted by Gasteiger charge is 2.29. The molecule has 0 bridgehead atoms. The van der Waals surface area contributed by atoms with E-state index in [1.54, 1.807) is 152 Å². The summed E-state index contributed by atoms with van der Waals surface area (Å²) in [6, 6.07) is 98.4. The molecule has 18 rings (SSSR count). The van der Waals surface area contributed by atoms with Gasteiger partial charge in [0, 0.05) is 51.4 Å². The van der Waals surface area contributed by atoms with Gasteiger partial charge in [-0.2, -0.15) is 15.0 Å². The number of phenols is 1. The maximum absolute atomic E-state index is 11.9. The number of rotatable bonds is 28. The maximum Gasteiger partial charge on any atom is 0.254 e. The summed E-state index contributed by atoms with van der Waals surface area (Å²) < 4.78 is 51.9. The van der Waals surface area contributed by atoms with Crippen LogP contribution in [0.15, 0.2) is 346 Å². The number of carbonyl (C=O) groups excluding carboxylic acids is 6. The quantitative estimate of drug-likeness (QED) is 0.0167. The molecule has 3 aliphatic rings. The molecule has 712 valence electrons. The molecule has 34 heteroatoms. The van der Waals surface area contributed by atoms with E-state index in [9.17, 15) is 28.8 Å². The molecule has 0 saturated carbocycles. The van der Waals surface area contributed by atoms with E-state index in [2.05, 4.69) is 53.5 Å². The number of aromatic hydroxyl groups is 1. The van der Waals surface area contributed by atoms with Crippen LogP contribution in [0.5, 0.6) is 110 Å². The van der Waals surface area contributed by atoms with E-state index >= 15 is 0 Å². The van der Waals surface area contributed by atoms with E-state index < -0.39 is 29.5 Å². The maximum atomic E-state index is 11.9. The highest BCUT2D eigenvalue weighted by molar-refractivity contribution is 6.34. The van der Waals surface area contributed by atoms with E-state index in [0.29, 0.717) is 88.9 Å². The van der Waals surface area contributed by atoms with Gasteiger partial charge in [-0.1, -0.05) is 139 Å². The zero-order valence-electron chi connectivity index (χ0n) is 75.4. The van der Waals surface area contributed by atoms with Crippen molar-refractivity contribution >= 4 is 87.7 Å². The number of nitrogens with one attached hydrogen (secondary N) is 1. The van der Waals surface area contributed by atoms with Crippen LogP contribution in [-0.4, -0.2) is 117 Å². The SMILES string of the molecule is C=CC(=O)N[C@H]1CCN(c2ccc(C(N)=O)c(Oc3ccc(Oc4ccccc4)cc3)n2)C1.C[C@H]1CCN(c2ccc(C(N)=O)c(Oc3ccc(Oc4ccccc4)cc3)n2)C1.NC(=O)c1ccc(Cl)nc1Cl.NC(=O)c1ccc(Cl)nc1Oc1ccc(Oc2ccccc2)cc1.NC(=O)c1ccc(N2CC[C@H](N)C2)nc1Oc1ccc(Oc2ccccc2)cc1.Oc1ccc(Oc2ccccc2)cc1. The average Bonchev–Trinajstić information content (AvgIpc) is 1.64. The number of hydrogen-bond acceptors (Lipinski definition) is 25. The number of benzene rings is 10. The molecular weight excluding hydrogens is 1850 g/mol. The number of primary amides is 5. The predicted octanol–water partition coefficient (Wildman–Crippen LogP) is 20.7. The molecule has 10 aromatic carbocycles. The normalized spacial score (nSPS) is 13.6. The Bertz CT molecular complexity index is 6530. The third-order valence-corrected chi connectivity index (χ3v) is 21.4. The zero-order chi connectivity index (χ0) is 98.8. The predicted molar refractivity (Wildman–Crippen MR) is 535 cm³/mol. The number of anilines is 3. The van der Waals surface area contributed by atoms with Gasteiger partial charge in [0.1, 0.15) is 141 Å². The van der Waals surface area contributed by atoms with Crippen LogP contribution in [-0.2, 0) is 4.79 Å². The molecule has 3 fully saturated rings. The Morgan fingerprint density at radius 2 is 0.579 bits per heavy atom. The van der Waals surface area contributed by atoms with Crippen LogP contribution in [0.1, 0.15) is 78.0 Å². The van der Waals surface area contributed by atoms with Crippen molar-refractivity contribution in [1.82, 2.24) is 30.2 Å². The molecule has 0 aliphatic carbocycles. The summed E-state index contributed by atoms with van der Waals surface area (Å²) in [5.74, 6) is 9.48. The standard InChI is InChI=1S/C25H24N4O4.C23H23N3O3.C22H22N4O3.C18H13ClN2O3.C12H10O2.C6H4Cl2N2O/c1-2-23(30)27-17-14-15-29(16-17)22-13-12-21(24(26)31)25(28-22)33-20-10-8-19(9-11-20)32-18-6-4-3-5-7-18;1-16-13-14-26(15-16)21-12-11-20(22(24)27)23(25-21)29-19-9-7-18(8-10-19)28-17-5-3-2-4-6-17;23-15-12-13-26(14-15)20-11-10-19(21(24)27)22(25-20)29-18-8-6-17(7-9-18)28-16-4-2-1-3-5-16;19-16-11-10-15(17(20)22)18(21-16)24-14-8-6-13(7-9-14)23-12-4-2-1-3-5-12;13-10-6-8-12(9-7-10)14-11-4-2-1-3-5-11;7-4-2-1-3(6(9)11)5(8)10-4/h2-13,17H,1,14-16H2,(H2,26,31)(H,27,30);2-12,16H,13-15H2,1H3,(H2,24,27);1-11,15H,12-14,23H2,(H2,24,27);1-11H,(H2,20,22);1-9,13H;1-2H,(H2,9,11)/t17-;16-;15-;;;/m000.../s1. The minimum Gasteiger partial charge on any atom is -0.508 e. The van der Waals surface area contributed by atoms with Crippen LogP contribution < -0.4 is 97.1 Å². The molecule has 5 aromatic heterocycles. The first-order valence-corrected chi connectivity index (χ1v) is 44.9. The molecule has 8 heterocycles. The Hall–Kier alpha value is -17.3. The van der Waals surface area contributed by atoms with Gasteiger partial charge in [0.25, 0.3) is 29.5 Å². The fraction of sp³-hybridized carbons (Fsp3) is 0.123. The first kappa shape index (κ1) is 100. The lowest BCUT2D eigenvalue weighted by Gasteiger charge is -2.19. The van der Waals surface area contributed by atoms with Crippen molar-refractivity contribution < 1.29 is 76.5 Å². The Morgan fingerprint density at radius 3 is 0.864 bits per heavy atom. The molecular formula is C106H96Cl3N15O16. The lowest BCUT2D eigenvalue weighted by Crippen LogP contribution is -2.36. The Labute approximate surface area is 821 Å². The Morgan fingerprint density at radius 1 is 0.321 bits per heavy atom. The van der Waals surface area contributed by atoms with Crippen LogP contribution in [0, 0.1) is 5.92 Å². The fourth-order valence-corrected chi connectivity index (χ4v) is 14.3. The Balaban J connectivity index is 0.000000146. The number of nitrogens with two attached hydrogens (primary N) is 6. The van der Waals surface area contributed by atoms with E-state index in [-0.39, 0.29) is 90.5 Å². The number of nitrogens with zero attached hydrogens (tertiary/aromatic N) is 8. The Kier molecular flexibility index (Phi) is 35.7. The van der Waals surface area contributed by atoms with Crippen molar-refractivity contribution in [3.05, 3.63) is 390 Å². The summed E-state index contributed by atoms with van der Waals surface area (Å²) in [5, 5.41) is 12.4. The topological polar surface area (TPSA) is 448 Å². The van der Waals surface area contributed by atoms with Gasteiger partial charge in [0.05, 0.1) is 5.56 Å². The van der Waals surface area contributed by atoms with Gasteiger partial charge in [-0.05, 0) is 274 Å². The molecule has 14 N–H and O–H groups in total. The van der Waals surface area contributed by atoms with Crippen LogP contribution in [0.25, 0.3) is 0 Å². The fourth-order valence-electron chi connectivity index (χ4n) is 13.8. The summed E-state index contributed by atoms with van der Waals surface area (Å²) in [6.07, 6.45) is 4.05. The molecule has 0 radical (unpaired) electrons. The molecule has 3 saturated heterocycles. The van der Waals surface area contributed by atoms with Gasteiger partial charge in [-0.25, -0.2) is 9.97 Å². The monoisotopic (exact) mass is 1940 g/mol. The van der Waals surface area contributed by atoms with E-state index in [4.69, 9.17) is 117 Å². The minimum absolute atomic E-state index is 0.00496. The lowest BCUT2D eigenvalue weighted by atomic mass is 10.2. The van der Waals surface area contributed by atoms with Gasteiger partial charge < -0.3 is 102 Å². The number of amides is 6. The number of para-hydroxylation sites is 5. The summed E-state index contributed by atoms with van der Waals surface area (Å²) in [7, 11) is 0. The van der Waals surface area contributed by atoms with Crippen molar-refractivity contribution in [3.8, 4) is 110 Å². The van der Waals surface area contributed by atoms with Gasteiger partial charge in [0.15, 0.2) is 0 Å². The molecule has 15 aromatic rings. The number of aromatic nitrogens is 5. The van der Waals surface area contributed by atoms with Crippen molar-refractivity contribution in [2.75, 3.05) is 54.0 Å². The minimum atomic E-state index is -0.641. The van der Waals surface area contributed by atoms with Crippen molar-refractivity contribution in [3.63, 3.8) is 0 Å². The van der Waals surface area contributed by atoms with Gasteiger partial charge in [-0.15, -0.1) is 0 Å². The largest absolute Gasteiger partial charge is 0.508 e. The third-order valence-electron chi connectivity index (χ3n) is 20.7. The van der Waals surface area contributed by atoms with E-state index in [1.165, 1.54) is 30.3 Å². The molecule has 0 spiro atoms. The second kappa shape index (κ2) is 49.8. The highest BCUT2D eigenvalue weighted by Crippen LogP contribution is 2.37. The van der Waals surface area contributed by atoms with Crippen molar-refractivity contribution in [1.29, 1.82) is 0 Å². The van der Waals surface area contributed by atoms with Gasteiger partial charge in [-0.3, -0.25) is 28.8 Å². The summed E-state index contributed by atoms with van der Waals surface area (Å²) >= 11 is 16.8. The number of phenolic OH excluding ortho intramolecular Hbond substituents is 1. The van der Waals surface area contributed by atoms with Crippen LogP contribution in [0.4, 0.5) is 17.5 Å². The third kappa shape index (κ3) is 30.4. The number of carbonyl (C=O) groups is 6. The van der Waals surface area contributed by atoms with E-state index in [1.807, 2.05) is 163 Å². The zero-order valence-corrected chi connectivity index (χ0v) is 77.6. The highest BCUT2D eigenvalue weighted by atomic mass is 35.5. The van der Waals surface area contributed by atoms with E-state index in [0.717, 1.165) is 73.5 Å². The molecule has 31 nitrogen and oxygen atoms in total. The first-order valence-electron chi connectivity index (χ1n) is 43.7. The molecule has 3 aliphatic heterocycles. The second-order valence-corrected chi connectivity index (χ2v) is 32.3. The smallest absolute Gasteiger partial charge is 0.254 e. The first-order chi connectivity index (χ1) is 67.7.